The molecular weight excluding hydrogens is 328 g/mol. The molecule has 0 aliphatic carbocycles. The monoisotopic (exact) mass is 348 g/mol. The molecule has 2 aromatic rings. The molecule has 1 fully saturated rings. The fourth-order valence-electron chi connectivity index (χ4n) is 2.67. The minimum absolute atomic E-state index is 0.0514. The van der Waals surface area contributed by atoms with Crippen molar-refractivity contribution in [1.29, 1.82) is 0 Å². The minimum atomic E-state index is 0.0514. The fourth-order valence-corrected chi connectivity index (χ4v) is 2.80. The highest BCUT2D eigenvalue weighted by molar-refractivity contribution is 6.30. The summed E-state index contributed by atoms with van der Waals surface area (Å²) in [6.45, 7) is 7.57. The molecule has 2 heterocycles. The van der Waals surface area contributed by atoms with Crippen molar-refractivity contribution < 1.29 is 4.79 Å². The predicted molar refractivity (Wildman–Crippen MR) is 91.3 cm³/mol. The van der Waals surface area contributed by atoms with Crippen molar-refractivity contribution in [2.75, 3.05) is 26.2 Å². The third-order valence-corrected chi connectivity index (χ3v) is 4.31. The van der Waals surface area contributed by atoms with Gasteiger partial charge in [-0.2, -0.15) is 0 Å². The van der Waals surface area contributed by atoms with Crippen LogP contribution in [0.1, 0.15) is 13.8 Å². The van der Waals surface area contributed by atoms with E-state index in [2.05, 4.69) is 20.3 Å². The molecule has 1 amide bonds. The molecule has 0 spiro atoms. The van der Waals surface area contributed by atoms with Crippen LogP contribution in [-0.2, 0) is 11.5 Å². The van der Waals surface area contributed by atoms with E-state index in [9.17, 15) is 4.79 Å². The van der Waals surface area contributed by atoms with Crippen molar-refractivity contribution in [2.24, 2.45) is 5.92 Å². The molecule has 1 aliphatic heterocycles. The van der Waals surface area contributed by atoms with Gasteiger partial charge in [-0.3, -0.25) is 9.69 Å². The number of benzene rings is 1. The Morgan fingerprint density at radius 2 is 1.83 bits per heavy atom. The van der Waals surface area contributed by atoms with Crippen molar-refractivity contribution in [3.63, 3.8) is 0 Å². The van der Waals surface area contributed by atoms with Crippen LogP contribution >= 0.6 is 11.6 Å². The molecule has 0 N–H and O–H groups in total. The number of piperazine rings is 1. The molecule has 0 bridgehead atoms. The number of tetrazole rings is 1. The molecule has 8 heteroatoms. The van der Waals surface area contributed by atoms with Gasteiger partial charge < -0.3 is 4.90 Å². The first-order chi connectivity index (χ1) is 11.5. The third-order valence-electron chi connectivity index (χ3n) is 4.06. The number of carbonyl (C=O) groups excluding carboxylic acids is 1. The molecule has 1 saturated heterocycles. The summed E-state index contributed by atoms with van der Waals surface area (Å²) in [6, 6.07) is 7.37. The Bertz CT molecular complexity index is 691. The van der Waals surface area contributed by atoms with Crippen molar-refractivity contribution in [2.45, 2.75) is 20.5 Å². The van der Waals surface area contributed by atoms with E-state index < -0.39 is 0 Å². The Labute approximate surface area is 146 Å². The molecule has 7 nitrogen and oxygen atoms in total. The zero-order chi connectivity index (χ0) is 17.1. The molecule has 0 unspecified atom stereocenters. The Kier molecular flexibility index (Phi) is 5.11. The Morgan fingerprint density at radius 3 is 2.46 bits per heavy atom. The second-order valence-electron chi connectivity index (χ2n) is 6.23. The zero-order valence-corrected chi connectivity index (χ0v) is 14.6. The predicted octanol–water partition coefficient (Wildman–Crippen LogP) is 1.75. The van der Waals surface area contributed by atoms with Crippen LogP contribution in [0.2, 0.25) is 5.02 Å². The van der Waals surface area contributed by atoms with E-state index in [0.29, 0.717) is 17.5 Å². The highest BCUT2D eigenvalue weighted by Gasteiger charge is 2.23. The van der Waals surface area contributed by atoms with E-state index in [4.69, 9.17) is 11.6 Å². The van der Waals surface area contributed by atoms with Crippen LogP contribution in [0.4, 0.5) is 0 Å². The van der Waals surface area contributed by atoms with Crippen LogP contribution in [-0.4, -0.2) is 62.1 Å². The van der Waals surface area contributed by atoms with Crippen molar-refractivity contribution in [3.05, 3.63) is 29.3 Å². The van der Waals surface area contributed by atoms with Gasteiger partial charge in [0.25, 0.3) is 0 Å². The molecular formula is C16H21ClN6O. The number of nitrogens with zero attached hydrogens (tertiary/aromatic N) is 6. The molecule has 0 saturated carbocycles. The van der Waals surface area contributed by atoms with E-state index in [1.807, 2.05) is 43.0 Å². The average Bonchev–Trinajstić information content (AvgIpc) is 3.04. The molecule has 1 aromatic carbocycles. The quantitative estimate of drug-likeness (QED) is 0.842. The number of rotatable bonds is 4. The lowest BCUT2D eigenvalue weighted by Crippen LogP contribution is -2.50. The number of carbonyl (C=O) groups is 1. The van der Waals surface area contributed by atoms with Gasteiger partial charge in [-0.15, -0.1) is 15.0 Å². The average molecular weight is 349 g/mol. The van der Waals surface area contributed by atoms with E-state index in [0.717, 1.165) is 31.7 Å². The lowest BCUT2D eigenvalue weighted by atomic mass is 10.1. The molecule has 0 atom stereocenters. The maximum absolute atomic E-state index is 12.0. The SMILES string of the molecule is CC(C)C(=O)N1CCN(Cn2nnc(-c3ccc(Cl)cc3)n2)CC1. The van der Waals surface area contributed by atoms with E-state index in [1.165, 1.54) is 0 Å². The van der Waals surface area contributed by atoms with Crippen molar-refractivity contribution >= 4 is 17.5 Å². The summed E-state index contributed by atoms with van der Waals surface area (Å²) in [6.07, 6.45) is 0. The number of aromatic nitrogens is 4. The van der Waals surface area contributed by atoms with Gasteiger partial charge in [-0.05, 0) is 29.5 Å². The van der Waals surface area contributed by atoms with Gasteiger partial charge in [-0.1, -0.05) is 25.4 Å². The summed E-state index contributed by atoms with van der Waals surface area (Å²) in [5.41, 5.74) is 0.887. The highest BCUT2D eigenvalue weighted by Crippen LogP contribution is 2.17. The second-order valence-corrected chi connectivity index (χ2v) is 6.67. The third kappa shape index (κ3) is 3.91. The number of amides is 1. The van der Waals surface area contributed by atoms with Gasteiger partial charge in [0.2, 0.25) is 11.7 Å². The number of hydrogen-bond acceptors (Lipinski definition) is 5. The van der Waals surface area contributed by atoms with Crippen LogP contribution in [0, 0.1) is 5.92 Å². The molecule has 0 radical (unpaired) electrons. The van der Waals surface area contributed by atoms with Gasteiger partial charge in [0, 0.05) is 42.7 Å². The van der Waals surface area contributed by atoms with Gasteiger partial charge >= 0.3 is 0 Å². The van der Waals surface area contributed by atoms with Gasteiger partial charge in [0.1, 0.15) is 6.67 Å². The molecule has 1 aromatic heterocycles. The minimum Gasteiger partial charge on any atom is -0.340 e. The Morgan fingerprint density at radius 1 is 1.17 bits per heavy atom. The largest absolute Gasteiger partial charge is 0.340 e. The summed E-state index contributed by atoms with van der Waals surface area (Å²) in [5.74, 6) is 0.856. The summed E-state index contributed by atoms with van der Waals surface area (Å²) < 4.78 is 0. The Hall–Kier alpha value is -1.99. The van der Waals surface area contributed by atoms with Crippen LogP contribution < -0.4 is 0 Å². The fraction of sp³-hybridized carbons (Fsp3) is 0.500. The maximum Gasteiger partial charge on any atom is 0.225 e. The zero-order valence-electron chi connectivity index (χ0n) is 13.9. The van der Waals surface area contributed by atoms with Gasteiger partial charge in [0.05, 0.1) is 0 Å². The van der Waals surface area contributed by atoms with Crippen LogP contribution in [0.25, 0.3) is 11.4 Å². The number of hydrogen-bond donors (Lipinski definition) is 0. The maximum atomic E-state index is 12.0. The summed E-state index contributed by atoms with van der Waals surface area (Å²) in [5, 5.41) is 13.3. The summed E-state index contributed by atoms with van der Waals surface area (Å²) in [4.78, 5) is 17.7. The highest BCUT2D eigenvalue weighted by atomic mass is 35.5. The summed E-state index contributed by atoms with van der Waals surface area (Å²) in [7, 11) is 0. The van der Waals surface area contributed by atoms with E-state index in [1.54, 1.807) is 4.80 Å². The van der Waals surface area contributed by atoms with Gasteiger partial charge in [-0.25, -0.2) is 0 Å². The first kappa shape index (κ1) is 16.9. The summed E-state index contributed by atoms with van der Waals surface area (Å²) >= 11 is 5.89. The molecule has 1 aliphatic rings. The smallest absolute Gasteiger partial charge is 0.225 e. The van der Waals surface area contributed by atoms with Crippen LogP contribution in [0.3, 0.4) is 0 Å². The molecule has 24 heavy (non-hydrogen) atoms. The van der Waals surface area contributed by atoms with Gasteiger partial charge in [0.15, 0.2) is 0 Å². The first-order valence-electron chi connectivity index (χ1n) is 8.08. The van der Waals surface area contributed by atoms with Crippen molar-refractivity contribution in [3.8, 4) is 11.4 Å². The first-order valence-corrected chi connectivity index (χ1v) is 8.45. The molecule has 128 valence electrons. The van der Waals surface area contributed by atoms with E-state index in [-0.39, 0.29) is 11.8 Å². The normalized spacial score (nSPS) is 15.9. The molecule has 3 rings (SSSR count). The van der Waals surface area contributed by atoms with Crippen molar-refractivity contribution in [1.82, 2.24) is 30.0 Å². The lowest BCUT2D eigenvalue weighted by molar-refractivity contribution is -0.136. The Balaban J connectivity index is 1.56. The van der Waals surface area contributed by atoms with Crippen LogP contribution in [0.15, 0.2) is 24.3 Å². The second kappa shape index (κ2) is 7.27. The topological polar surface area (TPSA) is 67.2 Å². The standard InChI is InChI=1S/C16H21ClN6O/c1-12(2)16(24)22-9-7-21(8-10-22)11-23-19-15(18-20-23)13-3-5-14(17)6-4-13/h3-6,12H,7-11H2,1-2H3. The van der Waals surface area contributed by atoms with Crippen LogP contribution in [0.5, 0.6) is 0 Å². The number of halogens is 1. The lowest BCUT2D eigenvalue weighted by Gasteiger charge is -2.35. The van der Waals surface area contributed by atoms with E-state index >= 15 is 0 Å².